The SMILES string of the molecule is CC(C)C[C@H](NC(=O)[C@@H](NC(=O)[C@H](CCC(=O)O)NC(=O)[C@H](CCCCN)NC(=O)[C@@H](N)CCCCN)[C@@H](C)O)C(=O)N[C@@H](CCC(N)=O)C(=O)N[C@@H](Cc1ccccc1)C(=O)N[C@@H](CCCN=C(N)N)C(=O)O. The number of aliphatic hydroxyl groups is 1. The predicted molar refractivity (Wildman–Crippen MR) is 271 cm³/mol. The summed E-state index contributed by atoms with van der Waals surface area (Å²) in [4.78, 5) is 136. The van der Waals surface area contributed by atoms with E-state index in [1.807, 2.05) is 0 Å². The minimum Gasteiger partial charge on any atom is -0.481 e. The standard InChI is InChI=1S/C47H80N14O13/c1-26(2)24-34(43(70)57-31(17-19-36(51)63)41(68)59-35(25-28-12-5-4-6-13-28)44(71)58-33(46(73)74)16-11-23-54-47(52)53)60-45(72)38(27(3)62)61-42(69)32(18-20-37(64)65)56-40(67)30(15-8-10-22-49)55-39(66)29(50)14-7-9-21-48/h4-6,12-13,26-27,29-35,38,62H,7-11,14-25,48-50H2,1-3H3,(H2,51,63)(H,55,66)(H,56,67)(H,57,70)(H,58,71)(H,59,68)(H,60,72)(H,61,69)(H,64,65)(H,73,74)(H4,52,53,54)/t27-,29+,30+,31+,32+,33+,34+,35+,38+/m1/s1. The molecule has 0 saturated carbocycles. The first-order chi connectivity index (χ1) is 34.9. The average molecular weight is 1050 g/mol. The van der Waals surface area contributed by atoms with Crippen molar-refractivity contribution < 1.29 is 63.3 Å². The van der Waals surface area contributed by atoms with Crippen LogP contribution in [-0.2, 0) is 54.4 Å². The van der Waals surface area contributed by atoms with Gasteiger partial charge in [-0.2, -0.15) is 0 Å². The highest BCUT2D eigenvalue weighted by Crippen LogP contribution is 2.12. The number of carboxylic acids is 2. The van der Waals surface area contributed by atoms with Crippen LogP contribution in [0.5, 0.6) is 0 Å². The van der Waals surface area contributed by atoms with Crippen LogP contribution in [0.3, 0.4) is 0 Å². The van der Waals surface area contributed by atoms with Gasteiger partial charge in [0.1, 0.15) is 42.3 Å². The summed E-state index contributed by atoms with van der Waals surface area (Å²) in [6.07, 6.45) is -1.43. The van der Waals surface area contributed by atoms with E-state index in [1.165, 1.54) is 0 Å². The maximum atomic E-state index is 14.1. The van der Waals surface area contributed by atoms with Crippen molar-refractivity contribution in [1.82, 2.24) is 37.2 Å². The van der Waals surface area contributed by atoms with Crippen LogP contribution < -0.4 is 71.6 Å². The number of amides is 8. The lowest BCUT2D eigenvalue weighted by atomic mass is 10.0. The fourth-order valence-electron chi connectivity index (χ4n) is 7.30. The van der Waals surface area contributed by atoms with Crippen LogP contribution in [0, 0.1) is 5.92 Å². The number of nitrogens with one attached hydrogen (secondary N) is 7. The third-order valence-electron chi connectivity index (χ3n) is 11.4. The summed E-state index contributed by atoms with van der Waals surface area (Å²) in [6, 6.07) is -3.21. The largest absolute Gasteiger partial charge is 0.481 e. The molecule has 1 aromatic rings. The number of hydrogen-bond acceptors (Lipinski definition) is 15. The summed E-state index contributed by atoms with van der Waals surface area (Å²) in [6.45, 7) is 5.28. The van der Waals surface area contributed by atoms with E-state index in [9.17, 15) is 63.3 Å². The Kier molecular flexibility index (Phi) is 31.0. The van der Waals surface area contributed by atoms with Gasteiger partial charge in [-0.15, -0.1) is 0 Å². The van der Waals surface area contributed by atoms with Crippen LogP contribution in [0.15, 0.2) is 35.3 Å². The molecule has 0 aliphatic heterocycles. The van der Waals surface area contributed by atoms with Gasteiger partial charge in [0.25, 0.3) is 0 Å². The second-order valence-corrected chi connectivity index (χ2v) is 18.3. The number of carbonyl (C=O) groups excluding carboxylic acids is 8. The molecular formula is C47H80N14O13. The van der Waals surface area contributed by atoms with Crippen LogP contribution in [-0.4, -0.2) is 155 Å². The van der Waals surface area contributed by atoms with Crippen molar-refractivity contribution in [1.29, 1.82) is 0 Å². The molecule has 0 spiro atoms. The highest BCUT2D eigenvalue weighted by molar-refractivity contribution is 5.98. The van der Waals surface area contributed by atoms with E-state index >= 15 is 0 Å². The number of aliphatic imine (C=N–C) groups is 1. The number of carboxylic acid groups (broad SMARTS) is 2. The van der Waals surface area contributed by atoms with Gasteiger partial charge < -0.3 is 86.9 Å². The summed E-state index contributed by atoms with van der Waals surface area (Å²) in [5.41, 5.74) is 33.9. The van der Waals surface area contributed by atoms with Gasteiger partial charge in [0.15, 0.2) is 5.96 Å². The molecule has 27 heteroatoms. The van der Waals surface area contributed by atoms with E-state index in [4.69, 9.17) is 34.4 Å². The number of nitrogens with zero attached hydrogens (tertiary/aromatic N) is 1. The van der Waals surface area contributed by atoms with Crippen LogP contribution in [0.4, 0.5) is 0 Å². The molecule has 0 aromatic heterocycles. The van der Waals surface area contributed by atoms with Gasteiger partial charge in [0.2, 0.25) is 47.3 Å². The maximum Gasteiger partial charge on any atom is 0.326 e. The monoisotopic (exact) mass is 1050 g/mol. The molecule has 0 unspecified atom stereocenters. The molecule has 0 heterocycles. The molecule has 416 valence electrons. The quantitative estimate of drug-likeness (QED) is 0.0170. The van der Waals surface area contributed by atoms with E-state index in [2.05, 4.69) is 42.2 Å². The zero-order valence-corrected chi connectivity index (χ0v) is 42.5. The van der Waals surface area contributed by atoms with Gasteiger partial charge in [-0.05, 0) is 95.7 Å². The molecule has 22 N–H and O–H groups in total. The van der Waals surface area contributed by atoms with Crippen LogP contribution in [0.1, 0.15) is 110 Å². The smallest absolute Gasteiger partial charge is 0.326 e. The zero-order chi connectivity index (χ0) is 55.9. The van der Waals surface area contributed by atoms with E-state index < -0.39 is 139 Å². The first-order valence-corrected chi connectivity index (χ1v) is 24.7. The molecule has 1 rings (SSSR count). The number of hydrogen-bond donors (Lipinski definition) is 16. The van der Waals surface area contributed by atoms with Crippen molar-refractivity contribution in [2.75, 3.05) is 19.6 Å². The van der Waals surface area contributed by atoms with E-state index in [0.29, 0.717) is 37.8 Å². The van der Waals surface area contributed by atoms with Crippen molar-refractivity contribution in [3.05, 3.63) is 35.9 Å². The maximum absolute atomic E-state index is 14.1. The summed E-state index contributed by atoms with van der Waals surface area (Å²) in [5.74, 6) is -10.7. The number of benzene rings is 1. The molecule has 9 atom stereocenters. The van der Waals surface area contributed by atoms with Crippen molar-refractivity contribution >= 4 is 65.2 Å². The number of aliphatic carboxylic acids is 2. The third-order valence-corrected chi connectivity index (χ3v) is 11.4. The lowest BCUT2D eigenvalue weighted by Crippen LogP contribution is -2.62. The molecular weight excluding hydrogens is 969 g/mol. The molecule has 0 saturated heterocycles. The molecule has 0 aliphatic carbocycles. The number of carbonyl (C=O) groups is 10. The molecule has 0 aliphatic rings. The highest BCUT2D eigenvalue weighted by Gasteiger charge is 2.36. The number of rotatable bonds is 38. The second-order valence-electron chi connectivity index (χ2n) is 18.3. The first kappa shape index (κ1) is 65.0. The Balaban J connectivity index is 3.47. The summed E-state index contributed by atoms with van der Waals surface area (Å²) >= 11 is 0. The Morgan fingerprint density at radius 3 is 1.51 bits per heavy atom. The van der Waals surface area contributed by atoms with Gasteiger partial charge >= 0.3 is 11.9 Å². The van der Waals surface area contributed by atoms with Crippen LogP contribution in [0.2, 0.25) is 0 Å². The second kappa shape index (κ2) is 35.2. The van der Waals surface area contributed by atoms with Gasteiger partial charge in [-0.3, -0.25) is 48.1 Å². The summed E-state index contributed by atoms with van der Waals surface area (Å²) < 4.78 is 0. The Hall–Kier alpha value is -6.97. The number of nitrogens with two attached hydrogens (primary N) is 6. The number of guanidine groups is 1. The van der Waals surface area contributed by atoms with Crippen molar-refractivity contribution in [3.8, 4) is 0 Å². The van der Waals surface area contributed by atoms with Crippen molar-refractivity contribution in [2.24, 2.45) is 45.3 Å². The summed E-state index contributed by atoms with van der Waals surface area (Å²) in [7, 11) is 0. The Labute approximate surface area is 430 Å². The van der Waals surface area contributed by atoms with Crippen molar-refractivity contribution in [3.63, 3.8) is 0 Å². The summed E-state index contributed by atoms with van der Waals surface area (Å²) in [5, 5.41) is 47.5. The lowest BCUT2D eigenvalue weighted by Gasteiger charge is -2.29. The number of unbranched alkanes of at least 4 members (excludes halogenated alkanes) is 2. The zero-order valence-electron chi connectivity index (χ0n) is 42.5. The average Bonchev–Trinajstić information content (AvgIpc) is 3.32. The lowest BCUT2D eigenvalue weighted by molar-refractivity contribution is -0.142. The fraction of sp³-hybridized carbons (Fsp3) is 0.638. The molecule has 0 bridgehead atoms. The van der Waals surface area contributed by atoms with Gasteiger partial charge in [0.05, 0.1) is 12.1 Å². The van der Waals surface area contributed by atoms with E-state index in [-0.39, 0.29) is 63.5 Å². The molecule has 74 heavy (non-hydrogen) atoms. The van der Waals surface area contributed by atoms with Gasteiger partial charge in [-0.25, -0.2) is 4.79 Å². The Morgan fingerprint density at radius 1 is 0.541 bits per heavy atom. The Morgan fingerprint density at radius 2 is 1.00 bits per heavy atom. The molecule has 8 amide bonds. The number of aliphatic hydroxyl groups excluding tert-OH is 1. The first-order valence-electron chi connectivity index (χ1n) is 24.7. The van der Waals surface area contributed by atoms with E-state index in [1.54, 1.807) is 44.2 Å². The minimum atomic E-state index is -1.83. The van der Waals surface area contributed by atoms with Gasteiger partial charge in [0, 0.05) is 25.8 Å². The Bertz CT molecular complexity index is 2020. The van der Waals surface area contributed by atoms with Crippen LogP contribution >= 0.6 is 0 Å². The predicted octanol–water partition coefficient (Wildman–Crippen LogP) is -4.10. The number of primary amides is 1. The van der Waals surface area contributed by atoms with Gasteiger partial charge in [-0.1, -0.05) is 50.6 Å². The highest BCUT2D eigenvalue weighted by atomic mass is 16.4. The molecule has 27 nitrogen and oxygen atoms in total. The van der Waals surface area contributed by atoms with Crippen molar-refractivity contribution in [2.45, 2.75) is 165 Å². The normalized spacial score (nSPS) is 14.7. The minimum absolute atomic E-state index is 0.0705. The van der Waals surface area contributed by atoms with Crippen LogP contribution in [0.25, 0.3) is 0 Å². The third kappa shape index (κ3) is 26.6. The molecule has 0 fully saturated rings. The fourth-order valence-corrected chi connectivity index (χ4v) is 7.30. The molecule has 1 aromatic carbocycles. The topological polar surface area (TPSA) is 484 Å². The molecule has 0 radical (unpaired) electrons. The van der Waals surface area contributed by atoms with E-state index in [0.717, 1.165) is 6.92 Å².